The van der Waals surface area contributed by atoms with Crippen molar-refractivity contribution in [3.05, 3.63) is 23.5 Å². The van der Waals surface area contributed by atoms with Gasteiger partial charge in [-0.15, -0.1) is 0 Å². The van der Waals surface area contributed by atoms with Crippen LogP contribution in [0.25, 0.3) is 0 Å². The van der Waals surface area contributed by atoms with Crippen LogP contribution >= 0.6 is 11.8 Å². The Kier molecular flexibility index (Phi) is 4.48. The number of methoxy groups -OCH3 is 2. The summed E-state index contributed by atoms with van der Waals surface area (Å²) < 4.78 is 8.98. The van der Waals surface area contributed by atoms with Crippen molar-refractivity contribution in [2.24, 2.45) is 0 Å². The molecule has 0 aliphatic rings. The third-order valence-electron chi connectivity index (χ3n) is 1.75. The second kappa shape index (κ2) is 5.86. The lowest BCUT2D eigenvalue weighted by atomic mass is 10.3. The smallest absolute Gasteiger partial charge is 0.356 e. The fraction of sp³-hybridized carbons (Fsp3) is 0.200. The van der Waals surface area contributed by atoms with Crippen LogP contribution in [0.2, 0.25) is 0 Å². The predicted octanol–water partition coefficient (Wildman–Crippen LogP) is 1.23. The zero-order valence-electron chi connectivity index (χ0n) is 9.09. The molecular formula is C10H8N2O4S. The fourth-order valence-corrected chi connectivity index (χ4v) is 1.48. The molecule has 0 fully saturated rings. The number of carbonyl (C=O) groups excluding carboxylic acids is 2. The number of thioether (sulfide) groups is 1. The summed E-state index contributed by atoms with van der Waals surface area (Å²) in [5.41, 5.74) is -0.0960. The molecular weight excluding hydrogens is 244 g/mol. The molecule has 0 unspecified atom stereocenters. The number of ether oxygens (including phenoxy) is 2. The van der Waals surface area contributed by atoms with Crippen molar-refractivity contribution in [2.75, 3.05) is 14.2 Å². The molecule has 0 saturated heterocycles. The molecule has 0 saturated carbocycles. The molecule has 1 aromatic rings. The maximum absolute atomic E-state index is 11.3. The molecule has 0 aliphatic carbocycles. The van der Waals surface area contributed by atoms with Gasteiger partial charge in [-0.05, 0) is 23.9 Å². The van der Waals surface area contributed by atoms with Crippen molar-refractivity contribution in [1.29, 1.82) is 5.26 Å². The Labute approximate surface area is 102 Å². The van der Waals surface area contributed by atoms with E-state index in [2.05, 4.69) is 14.5 Å². The first-order valence-electron chi connectivity index (χ1n) is 4.37. The molecule has 0 N–H and O–H groups in total. The highest BCUT2D eigenvalue weighted by Gasteiger charge is 2.15. The zero-order chi connectivity index (χ0) is 12.8. The van der Waals surface area contributed by atoms with E-state index in [1.165, 1.54) is 26.4 Å². The molecule has 88 valence electrons. The van der Waals surface area contributed by atoms with Gasteiger partial charge in [-0.1, -0.05) is 0 Å². The number of rotatable bonds is 3. The lowest BCUT2D eigenvalue weighted by molar-refractivity contribution is 0.0585. The number of esters is 2. The third kappa shape index (κ3) is 3.19. The Morgan fingerprint density at radius 1 is 1.24 bits per heavy atom. The van der Waals surface area contributed by atoms with Gasteiger partial charge in [0.15, 0.2) is 11.4 Å². The molecule has 0 radical (unpaired) electrons. The number of nitriles is 1. The molecule has 6 nitrogen and oxygen atoms in total. The van der Waals surface area contributed by atoms with Crippen LogP contribution in [0.15, 0.2) is 17.0 Å². The van der Waals surface area contributed by atoms with Crippen LogP contribution in [-0.4, -0.2) is 31.1 Å². The summed E-state index contributed by atoms with van der Waals surface area (Å²) >= 11 is 0.809. The van der Waals surface area contributed by atoms with Crippen molar-refractivity contribution in [2.45, 2.75) is 4.90 Å². The number of nitrogens with zero attached hydrogens (tertiary/aromatic N) is 2. The van der Waals surface area contributed by atoms with Gasteiger partial charge in [0, 0.05) is 4.90 Å². The summed E-state index contributed by atoms with van der Waals surface area (Å²) in [5, 5.41) is 10.4. The highest BCUT2D eigenvalue weighted by Crippen LogP contribution is 2.19. The van der Waals surface area contributed by atoms with Gasteiger partial charge in [0.1, 0.15) is 5.40 Å². The second-order valence-corrected chi connectivity index (χ2v) is 3.61. The van der Waals surface area contributed by atoms with Gasteiger partial charge >= 0.3 is 11.9 Å². The Morgan fingerprint density at radius 2 is 1.71 bits per heavy atom. The van der Waals surface area contributed by atoms with E-state index in [9.17, 15) is 9.59 Å². The summed E-state index contributed by atoms with van der Waals surface area (Å²) in [5.74, 6) is -1.37. The lowest BCUT2D eigenvalue weighted by Crippen LogP contribution is -2.10. The standard InChI is InChI=1S/C10H8N2O4S/c1-15-9(13)7-3-6(17-5-11)4-8(12-7)10(14)16-2/h3-4H,1-2H3. The molecule has 0 spiro atoms. The highest BCUT2D eigenvalue weighted by atomic mass is 32.2. The normalized spacial score (nSPS) is 9.24. The maximum Gasteiger partial charge on any atom is 0.356 e. The van der Waals surface area contributed by atoms with Crippen LogP contribution in [0.5, 0.6) is 0 Å². The summed E-state index contributed by atoms with van der Waals surface area (Å²) in [6.07, 6.45) is 0. The molecule has 17 heavy (non-hydrogen) atoms. The van der Waals surface area contributed by atoms with E-state index in [-0.39, 0.29) is 11.4 Å². The van der Waals surface area contributed by atoms with Gasteiger partial charge in [-0.3, -0.25) is 0 Å². The minimum Gasteiger partial charge on any atom is -0.464 e. The predicted molar refractivity (Wildman–Crippen MR) is 58.4 cm³/mol. The zero-order valence-corrected chi connectivity index (χ0v) is 9.91. The van der Waals surface area contributed by atoms with E-state index in [0.29, 0.717) is 4.90 Å². The maximum atomic E-state index is 11.3. The SMILES string of the molecule is COC(=O)c1cc(SC#N)cc(C(=O)OC)n1. The van der Waals surface area contributed by atoms with Crippen molar-refractivity contribution < 1.29 is 19.1 Å². The second-order valence-electron chi connectivity index (χ2n) is 2.75. The Morgan fingerprint density at radius 3 is 2.06 bits per heavy atom. The van der Waals surface area contributed by atoms with Crippen LogP contribution in [0.4, 0.5) is 0 Å². The Balaban J connectivity index is 3.24. The van der Waals surface area contributed by atoms with E-state index in [1.54, 1.807) is 0 Å². The minimum atomic E-state index is -0.685. The monoisotopic (exact) mass is 252 g/mol. The van der Waals surface area contributed by atoms with Crippen LogP contribution in [-0.2, 0) is 9.47 Å². The summed E-state index contributed by atoms with van der Waals surface area (Å²) in [6, 6.07) is 2.73. The van der Waals surface area contributed by atoms with E-state index in [0.717, 1.165) is 11.8 Å². The Bertz CT molecular complexity index is 461. The number of hydrogen-bond acceptors (Lipinski definition) is 7. The molecule has 0 amide bonds. The van der Waals surface area contributed by atoms with Crippen LogP contribution in [0, 0.1) is 10.7 Å². The van der Waals surface area contributed by atoms with Crippen LogP contribution < -0.4 is 0 Å². The van der Waals surface area contributed by atoms with Gasteiger partial charge in [0.25, 0.3) is 0 Å². The van der Waals surface area contributed by atoms with Gasteiger partial charge in [0.05, 0.1) is 14.2 Å². The van der Waals surface area contributed by atoms with E-state index in [4.69, 9.17) is 5.26 Å². The Hall–Kier alpha value is -2.07. The van der Waals surface area contributed by atoms with Crippen LogP contribution in [0.1, 0.15) is 21.0 Å². The number of carbonyl (C=O) groups is 2. The van der Waals surface area contributed by atoms with Crippen molar-refractivity contribution in [3.63, 3.8) is 0 Å². The summed E-state index contributed by atoms with van der Waals surface area (Å²) in [7, 11) is 2.40. The fourth-order valence-electron chi connectivity index (χ4n) is 1.04. The first-order valence-corrected chi connectivity index (χ1v) is 5.18. The van der Waals surface area contributed by atoms with Crippen molar-refractivity contribution >= 4 is 23.7 Å². The van der Waals surface area contributed by atoms with E-state index < -0.39 is 11.9 Å². The van der Waals surface area contributed by atoms with E-state index >= 15 is 0 Å². The number of aromatic nitrogens is 1. The van der Waals surface area contributed by atoms with Gasteiger partial charge in [-0.2, -0.15) is 5.26 Å². The first-order chi connectivity index (χ1) is 8.12. The molecule has 0 atom stereocenters. The molecule has 0 aromatic carbocycles. The molecule has 1 rings (SSSR count). The van der Waals surface area contributed by atoms with Gasteiger partial charge in [-0.25, -0.2) is 14.6 Å². The molecule has 1 aromatic heterocycles. The molecule has 7 heteroatoms. The average molecular weight is 252 g/mol. The highest BCUT2D eigenvalue weighted by molar-refractivity contribution is 8.03. The van der Waals surface area contributed by atoms with E-state index in [1.807, 2.05) is 5.40 Å². The minimum absolute atomic E-state index is 0.0480. The summed E-state index contributed by atoms with van der Waals surface area (Å²) in [4.78, 5) is 26.8. The van der Waals surface area contributed by atoms with Crippen LogP contribution in [0.3, 0.4) is 0 Å². The molecule has 1 heterocycles. The molecule has 0 aliphatic heterocycles. The number of pyridine rings is 1. The quantitative estimate of drug-likeness (QED) is 0.454. The van der Waals surface area contributed by atoms with Crippen molar-refractivity contribution in [3.8, 4) is 5.40 Å². The molecule has 0 bridgehead atoms. The number of hydrogen-bond donors (Lipinski definition) is 0. The number of thiocyanates is 1. The third-order valence-corrected chi connectivity index (χ3v) is 2.31. The largest absolute Gasteiger partial charge is 0.464 e. The van der Waals surface area contributed by atoms with Gasteiger partial charge in [0.2, 0.25) is 0 Å². The van der Waals surface area contributed by atoms with Crippen molar-refractivity contribution in [1.82, 2.24) is 4.98 Å². The lowest BCUT2D eigenvalue weighted by Gasteiger charge is -2.04. The van der Waals surface area contributed by atoms with Gasteiger partial charge < -0.3 is 9.47 Å². The summed E-state index contributed by atoms with van der Waals surface area (Å²) in [6.45, 7) is 0. The average Bonchev–Trinajstić information content (AvgIpc) is 2.36. The first kappa shape index (κ1) is 13.0. The topological polar surface area (TPSA) is 89.3 Å².